The largest absolute Gasteiger partial charge is 0.484 e. The fourth-order valence-corrected chi connectivity index (χ4v) is 3.36. The summed E-state index contributed by atoms with van der Waals surface area (Å²) in [7, 11) is 0. The quantitative estimate of drug-likeness (QED) is 0.460. The number of fused-ring (bicyclic) bond motifs is 1. The predicted molar refractivity (Wildman–Crippen MR) is 120 cm³/mol. The monoisotopic (exact) mass is 399 g/mol. The Morgan fingerprint density at radius 1 is 0.967 bits per heavy atom. The number of benzene rings is 3. The second kappa shape index (κ2) is 8.82. The van der Waals surface area contributed by atoms with E-state index in [2.05, 4.69) is 34.3 Å². The number of hydrogen-bond donors (Lipinski definition) is 2. The number of aromatic nitrogens is 2. The van der Waals surface area contributed by atoms with E-state index in [0.29, 0.717) is 5.75 Å². The second-order valence-corrected chi connectivity index (χ2v) is 7.55. The molecule has 3 aromatic carbocycles. The number of nitrogens with zero attached hydrogens (tertiary/aromatic N) is 1. The lowest BCUT2D eigenvalue weighted by molar-refractivity contribution is -0.118. The molecule has 1 amide bonds. The van der Waals surface area contributed by atoms with Crippen LogP contribution in [0.3, 0.4) is 0 Å². The van der Waals surface area contributed by atoms with E-state index in [9.17, 15) is 4.79 Å². The molecule has 0 fully saturated rings. The molecular formula is C25H25N3O2. The Hall–Kier alpha value is -3.60. The first kappa shape index (κ1) is 19.7. The minimum atomic E-state index is -0.179. The van der Waals surface area contributed by atoms with Gasteiger partial charge < -0.3 is 15.0 Å². The number of ether oxygens (including phenoxy) is 1. The third-order valence-electron chi connectivity index (χ3n) is 4.93. The van der Waals surface area contributed by atoms with Crippen molar-refractivity contribution >= 4 is 22.6 Å². The number of amides is 1. The van der Waals surface area contributed by atoms with Crippen LogP contribution in [0.25, 0.3) is 11.0 Å². The number of carbonyl (C=O) groups is 1. The molecule has 0 aliphatic carbocycles. The Morgan fingerprint density at radius 3 is 2.57 bits per heavy atom. The summed E-state index contributed by atoms with van der Waals surface area (Å²) >= 11 is 0. The summed E-state index contributed by atoms with van der Waals surface area (Å²) in [6.45, 7) is 4.05. The smallest absolute Gasteiger partial charge is 0.262 e. The molecule has 5 nitrogen and oxygen atoms in total. The van der Waals surface area contributed by atoms with Gasteiger partial charge in [-0.15, -0.1) is 0 Å². The number of nitrogens with one attached hydrogen (secondary N) is 2. The van der Waals surface area contributed by atoms with Crippen molar-refractivity contribution in [1.82, 2.24) is 9.97 Å². The van der Waals surface area contributed by atoms with Gasteiger partial charge in [-0.1, -0.05) is 30.3 Å². The molecule has 0 saturated carbocycles. The summed E-state index contributed by atoms with van der Waals surface area (Å²) in [4.78, 5) is 20.2. The van der Waals surface area contributed by atoms with Gasteiger partial charge in [0.2, 0.25) is 0 Å². The second-order valence-electron chi connectivity index (χ2n) is 7.55. The lowest BCUT2D eigenvalue weighted by Gasteiger charge is -2.08. The number of anilines is 1. The van der Waals surface area contributed by atoms with Crippen LogP contribution in [-0.4, -0.2) is 22.5 Å². The van der Waals surface area contributed by atoms with Gasteiger partial charge in [-0.05, 0) is 73.4 Å². The number of aryl methyl sites for hydroxylation is 4. The molecular weight excluding hydrogens is 374 g/mol. The molecule has 4 rings (SSSR count). The molecule has 0 bridgehead atoms. The molecule has 0 aliphatic heterocycles. The van der Waals surface area contributed by atoms with Gasteiger partial charge in [0.15, 0.2) is 6.61 Å². The maximum absolute atomic E-state index is 12.1. The van der Waals surface area contributed by atoms with E-state index in [-0.39, 0.29) is 12.5 Å². The number of aromatic amines is 1. The van der Waals surface area contributed by atoms with Gasteiger partial charge >= 0.3 is 0 Å². The molecule has 0 saturated heterocycles. The van der Waals surface area contributed by atoms with Gasteiger partial charge in [0.25, 0.3) is 5.91 Å². The molecule has 1 heterocycles. The highest BCUT2D eigenvalue weighted by molar-refractivity contribution is 5.91. The summed E-state index contributed by atoms with van der Waals surface area (Å²) in [6.07, 6.45) is 1.72. The van der Waals surface area contributed by atoms with Crippen molar-refractivity contribution in [1.29, 1.82) is 0 Å². The van der Waals surface area contributed by atoms with Gasteiger partial charge in [-0.2, -0.15) is 0 Å². The zero-order valence-corrected chi connectivity index (χ0v) is 17.2. The van der Waals surface area contributed by atoms with E-state index in [0.717, 1.165) is 41.0 Å². The maximum Gasteiger partial charge on any atom is 0.262 e. The van der Waals surface area contributed by atoms with Crippen LogP contribution >= 0.6 is 0 Å². The van der Waals surface area contributed by atoms with Crippen molar-refractivity contribution in [3.05, 3.63) is 89.2 Å². The maximum atomic E-state index is 12.1. The Kier molecular flexibility index (Phi) is 5.80. The van der Waals surface area contributed by atoms with Crippen LogP contribution < -0.4 is 10.1 Å². The van der Waals surface area contributed by atoms with Crippen LogP contribution in [0, 0.1) is 13.8 Å². The summed E-state index contributed by atoms with van der Waals surface area (Å²) in [5.74, 6) is 1.50. The minimum absolute atomic E-state index is 0.0171. The normalized spacial score (nSPS) is 10.9. The van der Waals surface area contributed by atoms with Crippen molar-refractivity contribution < 1.29 is 9.53 Å². The number of imidazole rings is 1. The highest BCUT2D eigenvalue weighted by atomic mass is 16.5. The summed E-state index contributed by atoms with van der Waals surface area (Å²) < 4.78 is 5.54. The van der Waals surface area contributed by atoms with Crippen molar-refractivity contribution in [2.24, 2.45) is 0 Å². The Morgan fingerprint density at radius 2 is 1.77 bits per heavy atom. The van der Waals surface area contributed by atoms with Crippen LogP contribution in [0.5, 0.6) is 5.75 Å². The van der Waals surface area contributed by atoms with E-state index in [1.54, 1.807) is 0 Å². The molecule has 4 aromatic rings. The summed E-state index contributed by atoms with van der Waals surface area (Å²) in [5.41, 5.74) is 6.36. The van der Waals surface area contributed by atoms with E-state index in [1.165, 1.54) is 11.1 Å². The number of hydrogen-bond acceptors (Lipinski definition) is 3. The molecule has 0 unspecified atom stereocenters. The van der Waals surface area contributed by atoms with Crippen molar-refractivity contribution in [2.45, 2.75) is 26.7 Å². The van der Waals surface area contributed by atoms with Gasteiger partial charge in [-0.25, -0.2) is 4.98 Å². The number of carbonyl (C=O) groups excluding carboxylic acids is 1. The van der Waals surface area contributed by atoms with Crippen molar-refractivity contribution in [3.63, 3.8) is 0 Å². The molecule has 152 valence electrons. The van der Waals surface area contributed by atoms with E-state index >= 15 is 0 Å². The van der Waals surface area contributed by atoms with Gasteiger partial charge in [0, 0.05) is 12.1 Å². The lowest BCUT2D eigenvalue weighted by atomic mass is 10.1. The standard InChI is InChI=1S/C25H25N3O2/c1-17-4-3-5-21(14-17)30-16-25(29)26-20-10-7-19(8-11-20)9-13-24-27-22-12-6-18(2)15-23(22)28-24/h3-8,10-12,14-15H,9,13,16H2,1-2H3,(H,26,29)(H,27,28). The van der Waals surface area contributed by atoms with Crippen LogP contribution in [0.2, 0.25) is 0 Å². The highest BCUT2D eigenvalue weighted by Crippen LogP contribution is 2.16. The fraction of sp³-hybridized carbons (Fsp3) is 0.200. The van der Waals surface area contributed by atoms with Crippen LogP contribution in [0.15, 0.2) is 66.7 Å². The van der Waals surface area contributed by atoms with Gasteiger partial charge in [0.1, 0.15) is 11.6 Å². The summed E-state index contributed by atoms with van der Waals surface area (Å²) in [6, 6.07) is 21.8. The molecule has 0 radical (unpaired) electrons. The zero-order valence-electron chi connectivity index (χ0n) is 17.2. The molecule has 30 heavy (non-hydrogen) atoms. The molecule has 1 aromatic heterocycles. The van der Waals surface area contributed by atoms with Crippen LogP contribution in [-0.2, 0) is 17.6 Å². The highest BCUT2D eigenvalue weighted by Gasteiger charge is 2.06. The number of H-pyrrole nitrogens is 1. The van der Waals surface area contributed by atoms with Gasteiger partial charge in [-0.3, -0.25) is 4.79 Å². The van der Waals surface area contributed by atoms with E-state index in [1.807, 2.05) is 61.5 Å². The summed E-state index contributed by atoms with van der Waals surface area (Å²) in [5, 5.41) is 2.87. The number of rotatable bonds is 7. The van der Waals surface area contributed by atoms with E-state index in [4.69, 9.17) is 4.74 Å². The first-order valence-electron chi connectivity index (χ1n) is 10.1. The Labute approximate surface area is 176 Å². The SMILES string of the molecule is Cc1cccc(OCC(=O)Nc2ccc(CCc3nc4ccc(C)cc4[nH]3)cc2)c1. The first-order valence-corrected chi connectivity index (χ1v) is 10.1. The zero-order chi connectivity index (χ0) is 20.9. The first-order chi connectivity index (χ1) is 14.5. The molecule has 5 heteroatoms. The molecule has 2 N–H and O–H groups in total. The third-order valence-corrected chi connectivity index (χ3v) is 4.93. The van der Waals surface area contributed by atoms with Crippen molar-refractivity contribution in [3.8, 4) is 5.75 Å². The fourth-order valence-electron chi connectivity index (χ4n) is 3.36. The minimum Gasteiger partial charge on any atom is -0.484 e. The molecule has 0 atom stereocenters. The average Bonchev–Trinajstić information content (AvgIpc) is 3.14. The average molecular weight is 399 g/mol. The van der Waals surface area contributed by atoms with Crippen LogP contribution in [0.1, 0.15) is 22.5 Å². The Bertz CT molecular complexity index is 1160. The van der Waals surface area contributed by atoms with Crippen LogP contribution in [0.4, 0.5) is 5.69 Å². The van der Waals surface area contributed by atoms with Crippen molar-refractivity contribution in [2.75, 3.05) is 11.9 Å². The third kappa shape index (κ3) is 5.06. The van der Waals surface area contributed by atoms with E-state index < -0.39 is 0 Å². The van der Waals surface area contributed by atoms with Gasteiger partial charge in [0.05, 0.1) is 11.0 Å². The predicted octanol–water partition coefficient (Wildman–Crippen LogP) is 4.98. The Balaban J connectivity index is 1.28. The molecule has 0 aliphatic rings. The topological polar surface area (TPSA) is 67.0 Å². The lowest BCUT2D eigenvalue weighted by Crippen LogP contribution is -2.20. The molecule has 0 spiro atoms.